The third kappa shape index (κ3) is 10.9. The first-order valence-corrected chi connectivity index (χ1v) is 20.9. The first-order valence-electron chi connectivity index (χ1n) is 20.9. The molecule has 2 aromatic heterocycles. The number of pyridine rings is 2. The molecule has 6 rings (SSSR count). The van der Waals surface area contributed by atoms with Crippen LogP contribution in [0.3, 0.4) is 0 Å². The van der Waals surface area contributed by atoms with Gasteiger partial charge in [-0.15, -0.1) is 0 Å². The van der Waals surface area contributed by atoms with Gasteiger partial charge in [-0.1, -0.05) is 94.0 Å². The number of rotatable bonds is 21. The number of nitrogens with zero attached hydrogens (tertiary/aromatic N) is 7. The van der Waals surface area contributed by atoms with Crippen molar-refractivity contribution < 1.29 is 29.8 Å². The van der Waals surface area contributed by atoms with Gasteiger partial charge in [0.15, 0.2) is 5.49 Å². The van der Waals surface area contributed by atoms with E-state index in [1.54, 1.807) is 30.5 Å². The number of anilines is 1. The first-order chi connectivity index (χ1) is 29.8. The summed E-state index contributed by atoms with van der Waals surface area (Å²) in [6.07, 6.45) is 15.1. The van der Waals surface area contributed by atoms with E-state index in [1.165, 1.54) is 15.8 Å². The summed E-state index contributed by atoms with van der Waals surface area (Å²) in [5, 5.41) is 34.9. The largest absolute Gasteiger partial charge is 0.371 e. The topological polar surface area (TPSA) is 166 Å². The molecule has 1 amide bonds. The van der Waals surface area contributed by atoms with Crippen LogP contribution in [0.5, 0.6) is 0 Å². The van der Waals surface area contributed by atoms with Gasteiger partial charge in [0, 0.05) is 54.9 Å². The summed E-state index contributed by atoms with van der Waals surface area (Å²) < 4.78 is 7.77. The van der Waals surface area contributed by atoms with E-state index in [4.69, 9.17) is 15.1 Å². The quantitative estimate of drug-likeness (QED) is 0.0398. The monoisotopic (exact) mass is 829 g/mol. The highest BCUT2D eigenvalue weighted by Crippen LogP contribution is 2.28. The number of unbranched alkanes of at least 4 members (excludes halogenated alkanes) is 8. The molecule has 4 aromatic rings. The molecule has 0 saturated carbocycles. The number of nitriles is 1. The Labute approximate surface area is 356 Å². The fourth-order valence-electron chi connectivity index (χ4n) is 7.80. The maximum atomic E-state index is 15.4. The molecule has 0 radical (unpaired) electrons. The molecule has 14 heteroatoms. The number of benzene rings is 2. The number of ether oxygens (including phenoxy) is 1. The molecule has 2 N–H and O–H groups in total. The van der Waals surface area contributed by atoms with Gasteiger partial charge < -0.3 is 14.5 Å². The highest BCUT2D eigenvalue weighted by Gasteiger charge is 2.36. The van der Waals surface area contributed by atoms with Crippen molar-refractivity contribution in [3.63, 3.8) is 0 Å². The molecule has 2 aliphatic rings. The number of carbonyl (C=O) groups is 1. The van der Waals surface area contributed by atoms with Gasteiger partial charge in [0.25, 0.3) is 11.5 Å². The molecule has 1 unspecified atom stereocenters. The second-order valence-electron chi connectivity index (χ2n) is 15.4. The zero-order valence-electron chi connectivity index (χ0n) is 35.0. The van der Waals surface area contributed by atoms with E-state index in [1.807, 2.05) is 67.5 Å². The van der Waals surface area contributed by atoms with Crippen molar-refractivity contribution in [1.29, 1.82) is 5.26 Å². The lowest BCUT2D eigenvalue weighted by Crippen LogP contribution is -2.49. The normalized spacial score (nSPS) is 15.8. The molecular weight excluding hydrogens is 775 g/mol. The van der Waals surface area contributed by atoms with Crippen LogP contribution in [-0.2, 0) is 21.1 Å². The van der Waals surface area contributed by atoms with Gasteiger partial charge >= 0.3 is 0 Å². The zero-order valence-corrected chi connectivity index (χ0v) is 35.0. The molecule has 1 fully saturated rings. The summed E-state index contributed by atoms with van der Waals surface area (Å²) in [4.78, 5) is 47.5. The molecule has 4 heterocycles. The van der Waals surface area contributed by atoms with Gasteiger partial charge in [0.05, 0.1) is 36.5 Å². The molecule has 320 valence electrons. The van der Waals surface area contributed by atoms with Crippen LogP contribution in [-0.4, -0.2) is 82.8 Å². The van der Waals surface area contributed by atoms with Crippen molar-refractivity contribution in [3.05, 3.63) is 134 Å². The van der Waals surface area contributed by atoms with E-state index >= 15 is 4.79 Å². The van der Waals surface area contributed by atoms with Crippen LogP contribution in [0, 0.1) is 11.3 Å². The Morgan fingerprint density at radius 2 is 1.74 bits per heavy atom. The van der Waals surface area contributed by atoms with Crippen molar-refractivity contribution >= 4 is 29.3 Å². The zero-order chi connectivity index (χ0) is 43.1. The van der Waals surface area contributed by atoms with Gasteiger partial charge in [-0.25, -0.2) is 24.3 Å². The highest BCUT2D eigenvalue weighted by molar-refractivity contribution is 6.00. The van der Waals surface area contributed by atoms with E-state index in [0.717, 1.165) is 69.0 Å². The van der Waals surface area contributed by atoms with Crippen molar-refractivity contribution in [3.8, 4) is 11.9 Å². The molecule has 0 bridgehead atoms. The van der Waals surface area contributed by atoms with Gasteiger partial charge in [-0.3, -0.25) is 20.1 Å². The summed E-state index contributed by atoms with van der Waals surface area (Å²) >= 11 is 0. The van der Waals surface area contributed by atoms with Crippen molar-refractivity contribution in [2.75, 3.05) is 51.8 Å². The third-order valence-corrected chi connectivity index (χ3v) is 11.1. The molecule has 0 aliphatic carbocycles. The lowest BCUT2D eigenvalue weighted by Gasteiger charge is -2.31. The fraction of sp³-hybridized carbons (Fsp3) is 0.383. The number of likely N-dealkylation sites (N-methyl/N-ethyl adjacent to an activating group) is 1. The van der Waals surface area contributed by atoms with Crippen LogP contribution in [0.4, 0.5) is 5.69 Å². The summed E-state index contributed by atoms with van der Waals surface area (Å²) in [5.74, 6) is -0.172. The van der Waals surface area contributed by atoms with Crippen molar-refractivity contribution in [1.82, 2.24) is 19.5 Å². The molecule has 2 aromatic carbocycles. The average Bonchev–Trinajstić information content (AvgIpc) is 3.60. The van der Waals surface area contributed by atoms with Crippen LogP contribution >= 0.6 is 0 Å². The third-order valence-electron chi connectivity index (χ3n) is 11.1. The minimum absolute atomic E-state index is 0.141. The maximum absolute atomic E-state index is 15.4. The summed E-state index contributed by atoms with van der Waals surface area (Å²) in [7, 11) is 3.83. The number of fused-ring (bicyclic) bond motifs is 1. The van der Waals surface area contributed by atoms with E-state index in [0.29, 0.717) is 60.7 Å². The molecular formula is C47H55N7O7. The number of hydrogen-bond acceptors (Lipinski definition) is 12. The van der Waals surface area contributed by atoms with Gasteiger partial charge in [0.2, 0.25) is 0 Å². The Hall–Kier alpha value is -5.79. The standard InChI is InChI=1S/C47H55N7O7/c1-4-52(3)39-22-21-35(38(29-39)31-48)28-37(34-18-13-12-14-19-34)30-40-42(41-32-51(2)25-27-59-41)43-45(54(46(40)55)44-36(33-61-58)20-17-23-49-44)50-53(47(43)56)24-15-10-8-6-5-7-9-11-16-26-60-57/h4,12-14,17-23,28-30,41,57-58H,1,5-11,15-16,24-27,32-33H2,2-3H3/b37-28-,40-30-. The predicted molar refractivity (Wildman–Crippen MR) is 234 cm³/mol. The Bertz CT molecular complexity index is 2410. The van der Waals surface area contributed by atoms with E-state index in [2.05, 4.69) is 32.3 Å². The number of amides is 1. The smallest absolute Gasteiger partial charge is 0.278 e. The number of carbonyl (C=O) groups excluding carboxylic acids is 1. The number of hydrogen-bond donors (Lipinski definition) is 2. The van der Waals surface area contributed by atoms with Crippen LogP contribution in [0.2, 0.25) is 0 Å². The first kappa shape index (κ1) is 44.8. The molecule has 14 nitrogen and oxygen atoms in total. The van der Waals surface area contributed by atoms with Crippen LogP contribution < -0.4 is 21.2 Å². The van der Waals surface area contributed by atoms with Crippen molar-refractivity contribution in [2.45, 2.75) is 70.5 Å². The summed E-state index contributed by atoms with van der Waals surface area (Å²) in [5.41, 5.74) is 3.99. The highest BCUT2D eigenvalue weighted by atomic mass is 17.1. The Balaban J connectivity index is 1.50. The molecule has 2 aliphatic heterocycles. The van der Waals surface area contributed by atoms with Gasteiger partial charge in [-0.05, 0) is 73.1 Å². The SMILES string of the molecule is C=CN(C)c1ccc(/C=C(/C=c2/c(C3CN(C)CCO3)c3c(n(-c4ncccc4COO)c2=O)=NN(CCCCCCCCCCCOO)C3=O)c2ccccc2)c(C#N)c1. The summed E-state index contributed by atoms with van der Waals surface area (Å²) in [6, 6.07) is 20.8. The van der Waals surface area contributed by atoms with Crippen molar-refractivity contribution in [2.24, 2.45) is 5.10 Å². The van der Waals surface area contributed by atoms with E-state index in [-0.39, 0.29) is 34.6 Å². The molecule has 1 atom stereocenters. The van der Waals surface area contributed by atoms with Gasteiger partial charge in [0.1, 0.15) is 12.4 Å². The summed E-state index contributed by atoms with van der Waals surface area (Å²) in [6.45, 7) is 5.79. The minimum Gasteiger partial charge on any atom is -0.371 e. The van der Waals surface area contributed by atoms with Crippen LogP contribution in [0.15, 0.2) is 89.5 Å². The second-order valence-corrected chi connectivity index (χ2v) is 15.4. The van der Waals surface area contributed by atoms with Gasteiger partial charge in [-0.2, -0.15) is 10.4 Å². The van der Waals surface area contributed by atoms with E-state index in [9.17, 15) is 15.3 Å². The number of allylic oxidation sites excluding steroid dienone is 1. The molecule has 1 saturated heterocycles. The minimum atomic E-state index is -0.652. The van der Waals surface area contributed by atoms with E-state index < -0.39 is 11.7 Å². The number of morpholine rings is 1. The lowest BCUT2D eigenvalue weighted by atomic mass is 9.95. The average molecular weight is 830 g/mol. The molecule has 61 heavy (non-hydrogen) atoms. The maximum Gasteiger partial charge on any atom is 0.278 e. The fourth-order valence-corrected chi connectivity index (χ4v) is 7.80. The predicted octanol–water partition coefficient (Wildman–Crippen LogP) is 6.69. The Kier molecular flexibility index (Phi) is 16.3. The van der Waals surface area contributed by atoms with Crippen LogP contribution in [0.25, 0.3) is 23.5 Å². The second kappa shape index (κ2) is 22.2. The molecule has 0 spiro atoms. The van der Waals surface area contributed by atoms with Crippen LogP contribution in [0.1, 0.15) is 102 Å². The lowest BCUT2D eigenvalue weighted by molar-refractivity contribution is -0.253. The Morgan fingerprint density at radius 3 is 2.43 bits per heavy atom. The number of aromatic nitrogens is 2. The Morgan fingerprint density at radius 1 is 1.00 bits per heavy atom.